The Morgan fingerprint density at radius 3 is 2.47 bits per heavy atom. The molecule has 0 spiro atoms. The highest BCUT2D eigenvalue weighted by molar-refractivity contribution is 5.92. The number of halogens is 2. The van der Waals surface area contributed by atoms with Crippen LogP contribution in [-0.4, -0.2) is 33.1 Å². The molecule has 0 atom stereocenters. The molecule has 19 heavy (non-hydrogen) atoms. The van der Waals surface area contributed by atoms with Crippen LogP contribution >= 0.6 is 0 Å². The number of carbonyl (C=O) groups excluding carboxylic acids is 1. The maximum Gasteiger partial charge on any atom is 0.342 e. The zero-order chi connectivity index (χ0) is 14.8. The highest BCUT2D eigenvalue weighted by Gasteiger charge is 2.30. The van der Waals surface area contributed by atoms with Crippen molar-refractivity contribution >= 4 is 5.97 Å². The van der Waals surface area contributed by atoms with Gasteiger partial charge in [0.05, 0.1) is 18.8 Å². The van der Waals surface area contributed by atoms with Crippen molar-refractivity contribution in [3.63, 3.8) is 0 Å². The molecule has 5 nitrogen and oxygen atoms in total. The lowest BCUT2D eigenvalue weighted by Crippen LogP contribution is -2.25. The monoisotopic (exact) mass is 276 g/mol. The number of aromatic nitrogens is 2. The molecule has 0 unspecified atom stereocenters. The summed E-state index contributed by atoms with van der Waals surface area (Å²) >= 11 is 0. The van der Waals surface area contributed by atoms with Gasteiger partial charge in [0.2, 0.25) is 0 Å². The Morgan fingerprint density at radius 1 is 1.47 bits per heavy atom. The Balaban J connectivity index is 3.22. The number of aryl methyl sites for hydroxylation is 1. The van der Waals surface area contributed by atoms with E-state index in [1.54, 1.807) is 20.8 Å². The molecule has 0 saturated heterocycles. The van der Waals surface area contributed by atoms with Gasteiger partial charge in [-0.05, 0) is 27.7 Å². The number of aliphatic hydroxyl groups excluding tert-OH is 1. The molecule has 0 amide bonds. The number of esters is 1. The molecule has 0 radical (unpaired) electrons. The topological polar surface area (TPSA) is 64.3 Å². The van der Waals surface area contributed by atoms with Gasteiger partial charge in [0.1, 0.15) is 16.9 Å². The lowest BCUT2D eigenvalue weighted by Gasteiger charge is -2.19. The lowest BCUT2D eigenvalue weighted by atomic mass is 10.1. The third-order valence-corrected chi connectivity index (χ3v) is 2.29. The fourth-order valence-electron chi connectivity index (χ4n) is 1.67. The van der Waals surface area contributed by atoms with Gasteiger partial charge in [-0.1, -0.05) is 0 Å². The third kappa shape index (κ3) is 3.73. The first-order valence-corrected chi connectivity index (χ1v) is 5.87. The molecule has 0 saturated carbocycles. The van der Waals surface area contributed by atoms with Gasteiger partial charge in [-0.25, -0.2) is 13.6 Å². The molecular formula is C12H18F2N2O3. The zero-order valence-electron chi connectivity index (χ0n) is 11.4. The van der Waals surface area contributed by atoms with Gasteiger partial charge in [0, 0.05) is 0 Å². The molecule has 0 aliphatic rings. The summed E-state index contributed by atoms with van der Waals surface area (Å²) in [4.78, 5) is 12.0. The average Bonchev–Trinajstić information content (AvgIpc) is 2.53. The highest BCUT2D eigenvalue weighted by Crippen LogP contribution is 2.27. The van der Waals surface area contributed by atoms with Crippen molar-refractivity contribution in [3.8, 4) is 0 Å². The largest absolute Gasteiger partial charge is 0.456 e. The van der Waals surface area contributed by atoms with Crippen LogP contribution in [0.1, 0.15) is 48.9 Å². The third-order valence-electron chi connectivity index (χ3n) is 2.29. The summed E-state index contributed by atoms with van der Waals surface area (Å²) in [7, 11) is 0. The first-order chi connectivity index (χ1) is 8.67. The summed E-state index contributed by atoms with van der Waals surface area (Å²) < 4.78 is 32.2. The second-order valence-corrected chi connectivity index (χ2v) is 5.09. The van der Waals surface area contributed by atoms with Gasteiger partial charge < -0.3 is 9.84 Å². The molecule has 108 valence electrons. The van der Waals surface area contributed by atoms with Crippen LogP contribution in [0.15, 0.2) is 0 Å². The Hall–Kier alpha value is -1.50. The zero-order valence-corrected chi connectivity index (χ0v) is 11.4. The van der Waals surface area contributed by atoms with Crippen LogP contribution < -0.4 is 0 Å². The number of carbonyl (C=O) groups is 1. The Kier molecular flexibility index (Phi) is 4.62. The maximum atomic E-state index is 13.1. The van der Waals surface area contributed by atoms with Crippen molar-refractivity contribution in [2.24, 2.45) is 0 Å². The summed E-state index contributed by atoms with van der Waals surface area (Å²) in [6.07, 6.45) is -2.87. The van der Waals surface area contributed by atoms with Crippen LogP contribution in [-0.2, 0) is 11.3 Å². The first-order valence-electron chi connectivity index (χ1n) is 5.87. The summed E-state index contributed by atoms with van der Waals surface area (Å²) in [5.41, 5.74) is -1.35. The summed E-state index contributed by atoms with van der Waals surface area (Å²) in [5, 5.41) is 12.7. The SMILES string of the molecule is Cc1nn(CCO)c(C(F)F)c1C(=O)OC(C)(C)C. The Bertz CT molecular complexity index is 464. The quantitative estimate of drug-likeness (QED) is 0.855. The second-order valence-electron chi connectivity index (χ2n) is 5.09. The number of rotatable bonds is 4. The van der Waals surface area contributed by atoms with E-state index in [1.165, 1.54) is 6.92 Å². The number of nitrogens with zero attached hydrogens (tertiary/aromatic N) is 2. The van der Waals surface area contributed by atoms with Crippen molar-refractivity contribution in [2.45, 2.75) is 46.3 Å². The number of alkyl halides is 2. The number of hydrogen-bond donors (Lipinski definition) is 1. The lowest BCUT2D eigenvalue weighted by molar-refractivity contribution is 0.00600. The van der Waals surface area contributed by atoms with Crippen LogP contribution in [0, 0.1) is 6.92 Å². The molecule has 1 N–H and O–H groups in total. The van der Waals surface area contributed by atoms with Crippen molar-refractivity contribution in [2.75, 3.05) is 6.61 Å². The highest BCUT2D eigenvalue weighted by atomic mass is 19.3. The van der Waals surface area contributed by atoms with E-state index in [0.29, 0.717) is 0 Å². The van der Waals surface area contributed by atoms with Crippen LogP contribution in [0.4, 0.5) is 8.78 Å². The van der Waals surface area contributed by atoms with Crippen LogP contribution in [0.3, 0.4) is 0 Å². The number of hydrogen-bond acceptors (Lipinski definition) is 4. The smallest absolute Gasteiger partial charge is 0.342 e. The summed E-state index contributed by atoms with van der Waals surface area (Å²) in [6.45, 7) is 5.98. The van der Waals surface area contributed by atoms with Crippen LogP contribution in [0.2, 0.25) is 0 Å². The normalized spacial score (nSPS) is 12.0. The van der Waals surface area contributed by atoms with E-state index < -0.39 is 23.7 Å². The van der Waals surface area contributed by atoms with Gasteiger partial charge >= 0.3 is 5.97 Å². The molecule has 0 bridgehead atoms. The van der Waals surface area contributed by atoms with Crippen molar-refractivity contribution in [3.05, 3.63) is 17.0 Å². The molecule has 0 aliphatic heterocycles. The minimum absolute atomic E-state index is 0.0939. The molecule has 0 aromatic carbocycles. The second kappa shape index (κ2) is 5.64. The van der Waals surface area contributed by atoms with Gasteiger partial charge in [-0.3, -0.25) is 4.68 Å². The molecule has 1 aromatic heterocycles. The van der Waals surface area contributed by atoms with Crippen LogP contribution in [0.25, 0.3) is 0 Å². The van der Waals surface area contributed by atoms with Gasteiger partial charge in [0.15, 0.2) is 0 Å². The van der Waals surface area contributed by atoms with E-state index >= 15 is 0 Å². The number of aliphatic hydroxyl groups is 1. The molecular weight excluding hydrogens is 258 g/mol. The molecule has 0 aliphatic carbocycles. The van der Waals surface area contributed by atoms with Gasteiger partial charge in [-0.2, -0.15) is 5.10 Å². The maximum absolute atomic E-state index is 13.1. The van der Waals surface area contributed by atoms with E-state index in [4.69, 9.17) is 9.84 Å². The van der Waals surface area contributed by atoms with E-state index in [1.807, 2.05) is 0 Å². The number of ether oxygens (including phenoxy) is 1. The fraction of sp³-hybridized carbons (Fsp3) is 0.667. The minimum Gasteiger partial charge on any atom is -0.456 e. The standard InChI is InChI=1S/C12H18F2N2O3/c1-7-8(11(18)19-12(2,3)4)9(10(13)14)16(15-7)5-6-17/h10,17H,5-6H2,1-4H3. The van der Waals surface area contributed by atoms with Crippen molar-refractivity contribution < 1.29 is 23.4 Å². The van der Waals surface area contributed by atoms with Crippen molar-refractivity contribution in [1.82, 2.24) is 9.78 Å². The molecule has 1 aromatic rings. The predicted molar refractivity (Wildman–Crippen MR) is 64.2 cm³/mol. The van der Waals surface area contributed by atoms with E-state index in [0.717, 1.165) is 4.68 Å². The van der Waals surface area contributed by atoms with E-state index in [-0.39, 0.29) is 24.4 Å². The average molecular weight is 276 g/mol. The Morgan fingerprint density at radius 2 is 2.05 bits per heavy atom. The van der Waals surface area contributed by atoms with Crippen molar-refractivity contribution in [1.29, 1.82) is 0 Å². The molecule has 0 fully saturated rings. The van der Waals surface area contributed by atoms with Crippen LogP contribution in [0.5, 0.6) is 0 Å². The van der Waals surface area contributed by atoms with E-state index in [2.05, 4.69) is 5.10 Å². The Labute approximate surface area is 110 Å². The predicted octanol–water partition coefficient (Wildman–Crippen LogP) is 2.08. The fourth-order valence-corrected chi connectivity index (χ4v) is 1.67. The molecule has 1 heterocycles. The summed E-state index contributed by atoms with van der Waals surface area (Å²) in [5.74, 6) is -0.829. The first kappa shape index (κ1) is 15.6. The van der Waals surface area contributed by atoms with Gasteiger partial charge in [0.25, 0.3) is 6.43 Å². The van der Waals surface area contributed by atoms with E-state index in [9.17, 15) is 13.6 Å². The summed E-state index contributed by atoms with van der Waals surface area (Å²) in [6, 6.07) is 0. The molecule has 7 heteroatoms. The molecule has 1 rings (SSSR count). The minimum atomic E-state index is -2.87. The van der Waals surface area contributed by atoms with Gasteiger partial charge in [-0.15, -0.1) is 0 Å².